The summed E-state index contributed by atoms with van der Waals surface area (Å²) in [6.45, 7) is 4.47. The molecule has 0 spiro atoms. The lowest BCUT2D eigenvalue weighted by Crippen LogP contribution is -2.24. The summed E-state index contributed by atoms with van der Waals surface area (Å²) >= 11 is 7.48. The molecule has 0 aliphatic carbocycles. The molecule has 1 amide bonds. The first kappa shape index (κ1) is 18.5. The topological polar surface area (TPSA) is 46.9 Å². The van der Waals surface area contributed by atoms with Gasteiger partial charge >= 0.3 is 0 Å². The second-order valence-electron chi connectivity index (χ2n) is 5.94. The molecule has 3 rings (SSSR count). The van der Waals surface area contributed by atoms with Crippen molar-refractivity contribution in [1.29, 1.82) is 0 Å². The summed E-state index contributed by atoms with van der Waals surface area (Å²) in [5.41, 5.74) is 3.98. The molecule has 0 saturated carbocycles. The molecule has 0 unspecified atom stereocenters. The van der Waals surface area contributed by atoms with Crippen LogP contribution in [0.2, 0.25) is 5.02 Å². The minimum absolute atomic E-state index is 0.0127. The van der Waals surface area contributed by atoms with Gasteiger partial charge in [0.2, 0.25) is 5.91 Å². The summed E-state index contributed by atoms with van der Waals surface area (Å²) in [7, 11) is 0. The molecule has 1 aromatic heterocycles. The number of aryl methyl sites for hydroxylation is 1. The number of rotatable bonds is 6. The maximum absolute atomic E-state index is 12.2. The second kappa shape index (κ2) is 8.43. The van der Waals surface area contributed by atoms with Crippen molar-refractivity contribution < 1.29 is 4.79 Å². The van der Waals surface area contributed by atoms with Gasteiger partial charge in [0.1, 0.15) is 0 Å². The van der Waals surface area contributed by atoms with Gasteiger partial charge in [-0.1, -0.05) is 41.9 Å². The summed E-state index contributed by atoms with van der Waals surface area (Å²) in [6.07, 6.45) is 0. The molecule has 134 valence electrons. The average molecular weight is 386 g/mol. The Morgan fingerprint density at radius 2 is 1.92 bits per heavy atom. The van der Waals surface area contributed by atoms with Crippen LogP contribution in [0, 0.1) is 13.8 Å². The van der Waals surface area contributed by atoms with E-state index in [1.165, 1.54) is 11.8 Å². The number of thioether (sulfide) groups is 1. The lowest BCUT2D eigenvalue weighted by atomic mass is 10.2. The van der Waals surface area contributed by atoms with E-state index in [9.17, 15) is 4.79 Å². The molecule has 0 radical (unpaired) electrons. The van der Waals surface area contributed by atoms with Gasteiger partial charge in [0.15, 0.2) is 0 Å². The van der Waals surface area contributed by atoms with Crippen LogP contribution in [0.15, 0.2) is 59.5 Å². The first-order chi connectivity index (χ1) is 12.5. The highest BCUT2D eigenvalue weighted by Crippen LogP contribution is 2.27. The minimum atomic E-state index is -0.0127. The van der Waals surface area contributed by atoms with Crippen molar-refractivity contribution in [2.24, 2.45) is 0 Å². The Hall–Kier alpha value is -2.24. The van der Waals surface area contributed by atoms with Crippen molar-refractivity contribution in [1.82, 2.24) is 15.1 Å². The molecule has 0 aliphatic heterocycles. The van der Waals surface area contributed by atoms with Crippen molar-refractivity contribution in [3.63, 3.8) is 0 Å². The van der Waals surface area contributed by atoms with E-state index in [2.05, 4.69) is 10.4 Å². The zero-order valence-electron chi connectivity index (χ0n) is 14.7. The molecule has 4 nitrogen and oxygen atoms in total. The number of nitrogens with one attached hydrogen (secondary N) is 1. The number of amides is 1. The van der Waals surface area contributed by atoms with Crippen LogP contribution in [0.3, 0.4) is 0 Å². The zero-order chi connectivity index (χ0) is 18.5. The van der Waals surface area contributed by atoms with Gasteiger partial charge in [0, 0.05) is 11.6 Å². The van der Waals surface area contributed by atoms with Crippen LogP contribution >= 0.6 is 23.4 Å². The van der Waals surface area contributed by atoms with Crippen LogP contribution < -0.4 is 5.32 Å². The molecule has 0 saturated heterocycles. The van der Waals surface area contributed by atoms with Gasteiger partial charge in [-0.25, -0.2) is 4.68 Å². The smallest absolute Gasteiger partial charge is 0.230 e. The molecule has 1 heterocycles. The average Bonchev–Trinajstić information content (AvgIpc) is 2.93. The number of carbonyl (C=O) groups is 1. The SMILES string of the molecule is Cc1nn(-c2ccccc2)c(C)c1SCC(=O)NCc1cccc(Cl)c1. The van der Waals surface area contributed by atoms with Gasteiger partial charge in [0.25, 0.3) is 0 Å². The summed E-state index contributed by atoms with van der Waals surface area (Å²) < 4.78 is 1.92. The molecular formula is C20H20ClN3OS. The van der Waals surface area contributed by atoms with Gasteiger partial charge < -0.3 is 5.32 Å². The molecule has 0 aliphatic rings. The molecule has 3 aromatic rings. The maximum atomic E-state index is 12.2. The van der Waals surface area contributed by atoms with E-state index in [0.717, 1.165) is 27.5 Å². The normalized spacial score (nSPS) is 10.7. The Morgan fingerprint density at radius 3 is 2.65 bits per heavy atom. The fraction of sp³-hybridized carbons (Fsp3) is 0.200. The van der Waals surface area contributed by atoms with Crippen LogP contribution in [-0.4, -0.2) is 21.4 Å². The maximum Gasteiger partial charge on any atom is 0.230 e. The zero-order valence-corrected chi connectivity index (χ0v) is 16.3. The molecule has 6 heteroatoms. The van der Waals surface area contributed by atoms with E-state index in [4.69, 9.17) is 11.6 Å². The number of nitrogens with zero attached hydrogens (tertiary/aromatic N) is 2. The predicted octanol–water partition coefficient (Wildman–Crippen LogP) is 4.55. The second-order valence-corrected chi connectivity index (χ2v) is 7.36. The molecule has 2 aromatic carbocycles. The van der Waals surface area contributed by atoms with E-state index in [-0.39, 0.29) is 5.91 Å². The van der Waals surface area contributed by atoms with E-state index < -0.39 is 0 Å². The first-order valence-electron chi connectivity index (χ1n) is 8.30. The van der Waals surface area contributed by atoms with Crippen molar-refractivity contribution in [3.05, 3.63) is 76.6 Å². The highest BCUT2D eigenvalue weighted by atomic mass is 35.5. The van der Waals surface area contributed by atoms with Gasteiger partial charge in [0.05, 0.1) is 27.7 Å². The fourth-order valence-electron chi connectivity index (χ4n) is 2.69. The van der Waals surface area contributed by atoms with Crippen LogP contribution in [0.1, 0.15) is 17.0 Å². The monoisotopic (exact) mass is 385 g/mol. The van der Waals surface area contributed by atoms with Crippen molar-refractivity contribution in [2.75, 3.05) is 5.75 Å². The first-order valence-corrected chi connectivity index (χ1v) is 9.66. The third-order valence-electron chi connectivity index (χ3n) is 3.95. The van der Waals surface area contributed by atoms with Crippen LogP contribution in [0.4, 0.5) is 0 Å². The number of hydrogen-bond donors (Lipinski definition) is 1. The van der Waals surface area contributed by atoms with E-state index in [1.54, 1.807) is 0 Å². The summed E-state index contributed by atoms with van der Waals surface area (Å²) in [5, 5.41) is 8.21. The Bertz CT molecular complexity index is 909. The van der Waals surface area contributed by atoms with Crippen molar-refractivity contribution in [3.8, 4) is 5.69 Å². The summed E-state index contributed by atoms with van der Waals surface area (Å²) in [4.78, 5) is 13.2. The van der Waals surface area contributed by atoms with Crippen molar-refractivity contribution in [2.45, 2.75) is 25.3 Å². The Morgan fingerprint density at radius 1 is 1.15 bits per heavy atom. The molecule has 0 fully saturated rings. The third-order valence-corrected chi connectivity index (χ3v) is 5.47. The van der Waals surface area contributed by atoms with Crippen LogP contribution in [0.5, 0.6) is 0 Å². The van der Waals surface area contributed by atoms with E-state index >= 15 is 0 Å². The number of carbonyl (C=O) groups excluding carboxylic acids is 1. The Labute approximate surface area is 162 Å². The van der Waals surface area contributed by atoms with E-state index in [1.807, 2.05) is 73.1 Å². The molecule has 26 heavy (non-hydrogen) atoms. The number of halogens is 1. The predicted molar refractivity (Wildman–Crippen MR) is 107 cm³/mol. The number of para-hydroxylation sites is 1. The van der Waals surface area contributed by atoms with Crippen LogP contribution in [0.25, 0.3) is 5.69 Å². The summed E-state index contributed by atoms with van der Waals surface area (Å²) in [6, 6.07) is 17.5. The highest BCUT2D eigenvalue weighted by Gasteiger charge is 2.14. The molecule has 0 atom stereocenters. The van der Waals surface area contributed by atoms with Gasteiger partial charge in [-0.2, -0.15) is 5.10 Å². The molecule has 1 N–H and O–H groups in total. The lowest BCUT2D eigenvalue weighted by Gasteiger charge is -2.07. The Balaban J connectivity index is 1.61. The summed E-state index contributed by atoms with van der Waals surface area (Å²) in [5.74, 6) is 0.337. The quantitative estimate of drug-likeness (QED) is 0.633. The fourth-order valence-corrected chi connectivity index (χ4v) is 3.83. The standard InChI is InChI=1S/C20H20ClN3OS/c1-14-20(15(2)24(23-14)18-9-4-3-5-10-18)26-13-19(25)22-12-16-7-6-8-17(21)11-16/h3-11H,12-13H2,1-2H3,(H,22,25). The molecule has 0 bridgehead atoms. The number of aromatic nitrogens is 2. The van der Waals surface area contributed by atoms with Gasteiger partial charge in [-0.3, -0.25) is 4.79 Å². The number of hydrogen-bond acceptors (Lipinski definition) is 3. The Kier molecular flexibility index (Phi) is 6.01. The van der Waals surface area contributed by atoms with Gasteiger partial charge in [-0.05, 0) is 43.7 Å². The molecular weight excluding hydrogens is 366 g/mol. The minimum Gasteiger partial charge on any atom is -0.351 e. The lowest BCUT2D eigenvalue weighted by molar-refractivity contribution is -0.118. The van der Waals surface area contributed by atoms with Crippen molar-refractivity contribution >= 4 is 29.3 Å². The largest absolute Gasteiger partial charge is 0.351 e. The van der Waals surface area contributed by atoms with E-state index in [0.29, 0.717) is 17.3 Å². The van der Waals surface area contributed by atoms with Gasteiger partial charge in [-0.15, -0.1) is 11.8 Å². The number of benzene rings is 2. The highest BCUT2D eigenvalue weighted by molar-refractivity contribution is 8.00. The van der Waals surface area contributed by atoms with Crippen LogP contribution in [-0.2, 0) is 11.3 Å². The third kappa shape index (κ3) is 4.48.